The molecular formula is C16H21NOS. The van der Waals surface area contributed by atoms with E-state index in [0.29, 0.717) is 6.54 Å². The fourth-order valence-corrected chi connectivity index (χ4v) is 3.00. The second kappa shape index (κ2) is 6.42. The van der Waals surface area contributed by atoms with Crippen LogP contribution < -0.4 is 5.32 Å². The highest BCUT2D eigenvalue weighted by Gasteiger charge is 2.18. The molecule has 0 aliphatic rings. The van der Waals surface area contributed by atoms with Gasteiger partial charge in [-0.05, 0) is 29.5 Å². The van der Waals surface area contributed by atoms with Gasteiger partial charge < -0.3 is 10.4 Å². The van der Waals surface area contributed by atoms with E-state index in [-0.39, 0.29) is 0 Å². The maximum Gasteiger partial charge on any atom is 0.0833 e. The molecule has 1 atom stereocenters. The summed E-state index contributed by atoms with van der Waals surface area (Å²) >= 11 is 1.67. The topological polar surface area (TPSA) is 32.3 Å². The van der Waals surface area contributed by atoms with Crippen molar-refractivity contribution in [2.75, 3.05) is 18.6 Å². The summed E-state index contributed by atoms with van der Waals surface area (Å²) in [5.74, 6) is 0.746. The Labute approximate surface area is 119 Å². The molecule has 2 aromatic rings. The molecule has 1 unspecified atom stereocenters. The van der Waals surface area contributed by atoms with Crippen molar-refractivity contribution in [3.63, 3.8) is 0 Å². The third-order valence-electron chi connectivity index (χ3n) is 3.16. The summed E-state index contributed by atoms with van der Waals surface area (Å²) in [5.41, 5.74) is 0.627. The highest BCUT2D eigenvalue weighted by molar-refractivity contribution is 7.98. The van der Waals surface area contributed by atoms with Crippen molar-refractivity contribution in [2.24, 2.45) is 0 Å². The van der Waals surface area contributed by atoms with Gasteiger partial charge in [0.05, 0.1) is 5.60 Å². The molecule has 2 nitrogen and oxygen atoms in total. The summed E-state index contributed by atoms with van der Waals surface area (Å²) in [7, 11) is 0. The van der Waals surface area contributed by atoms with Gasteiger partial charge in [-0.3, -0.25) is 0 Å². The van der Waals surface area contributed by atoms with E-state index in [2.05, 4.69) is 47.8 Å². The lowest BCUT2D eigenvalue weighted by atomic mass is 10.0. The Kier molecular flexibility index (Phi) is 4.86. The molecule has 2 rings (SSSR count). The minimum Gasteiger partial charge on any atom is -0.388 e. The Morgan fingerprint density at radius 3 is 2.68 bits per heavy atom. The van der Waals surface area contributed by atoms with E-state index in [1.54, 1.807) is 11.8 Å². The van der Waals surface area contributed by atoms with E-state index in [0.717, 1.165) is 12.3 Å². The average molecular weight is 275 g/mol. The first kappa shape index (κ1) is 14.4. The standard InChI is InChI=1S/C16H21NOS/c1-16(18,12-19-2)11-17-10-14-8-5-7-13-6-3-4-9-15(13)14/h3-9,17-18H,10-12H2,1-2H3. The van der Waals surface area contributed by atoms with Gasteiger partial charge in [-0.2, -0.15) is 11.8 Å². The van der Waals surface area contributed by atoms with Crippen molar-refractivity contribution in [2.45, 2.75) is 19.1 Å². The minimum atomic E-state index is -0.649. The molecule has 2 aromatic carbocycles. The van der Waals surface area contributed by atoms with Crippen LogP contribution >= 0.6 is 11.8 Å². The van der Waals surface area contributed by atoms with Crippen LogP contribution in [0.25, 0.3) is 10.8 Å². The van der Waals surface area contributed by atoms with E-state index in [1.165, 1.54) is 16.3 Å². The summed E-state index contributed by atoms with van der Waals surface area (Å²) in [6.45, 7) is 3.27. The summed E-state index contributed by atoms with van der Waals surface area (Å²) in [5, 5.41) is 16.0. The lowest BCUT2D eigenvalue weighted by Gasteiger charge is -2.22. The van der Waals surface area contributed by atoms with E-state index in [1.807, 2.05) is 13.2 Å². The van der Waals surface area contributed by atoms with Gasteiger partial charge in [-0.1, -0.05) is 42.5 Å². The molecule has 0 radical (unpaired) electrons. The molecule has 2 N–H and O–H groups in total. The molecule has 0 fully saturated rings. The predicted molar refractivity (Wildman–Crippen MR) is 84.7 cm³/mol. The Bertz CT molecular complexity index is 534. The fraction of sp³-hybridized carbons (Fsp3) is 0.375. The monoisotopic (exact) mass is 275 g/mol. The number of thioether (sulfide) groups is 1. The van der Waals surface area contributed by atoms with Crippen LogP contribution in [0.3, 0.4) is 0 Å². The van der Waals surface area contributed by atoms with Crippen molar-refractivity contribution in [1.82, 2.24) is 5.32 Å². The minimum absolute atomic E-state index is 0.608. The number of fused-ring (bicyclic) bond motifs is 1. The van der Waals surface area contributed by atoms with Crippen LogP contribution in [0.4, 0.5) is 0 Å². The predicted octanol–water partition coefficient (Wildman–Crippen LogP) is 3.04. The number of benzene rings is 2. The van der Waals surface area contributed by atoms with Crippen LogP contribution in [0, 0.1) is 0 Å². The van der Waals surface area contributed by atoms with Gasteiger partial charge in [-0.25, -0.2) is 0 Å². The normalized spacial score (nSPS) is 14.5. The SMILES string of the molecule is CSCC(C)(O)CNCc1cccc2ccccc12. The lowest BCUT2D eigenvalue weighted by Crippen LogP contribution is -2.39. The number of hydrogen-bond donors (Lipinski definition) is 2. The third kappa shape index (κ3) is 3.96. The van der Waals surface area contributed by atoms with Gasteiger partial charge >= 0.3 is 0 Å². The van der Waals surface area contributed by atoms with Crippen LogP contribution in [0.5, 0.6) is 0 Å². The van der Waals surface area contributed by atoms with E-state index in [9.17, 15) is 5.11 Å². The van der Waals surface area contributed by atoms with E-state index >= 15 is 0 Å². The Morgan fingerprint density at radius 2 is 1.89 bits per heavy atom. The van der Waals surface area contributed by atoms with Crippen LogP contribution in [0.2, 0.25) is 0 Å². The van der Waals surface area contributed by atoms with Gasteiger partial charge in [0.1, 0.15) is 0 Å². The number of nitrogens with one attached hydrogen (secondary N) is 1. The second-order valence-electron chi connectivity index (χ2n) is 5.17. The zero-order chi connectivity index (χ0) is 13.7. The van der Waals surface area contributed by atoms with E-state index in [4.69, 9.17) is 0 Å². The fourth-order valence-electron chi connectivity index (χ4n) is 2.28. The Hall–Kier alpha value is -1.03. The molecular weight excluding hydrogens is 254 g/mol. The Morgan fingerprint density at radius 1 is 1.16 bits per heavy atom. The summed E-state index contributed by atoms with van der Waals surface area (Å²) in [6, 6.07) is 14.7. The molecule has 19 heavy (non-hydrogen) atoms. The molecule has 0 saturated carbocycles. The first-order valence-electron chi connectivity index (χ1n) is 6.51. The third-order valence-corrected chi connectivity index (χ3v) is 4.07. The van der Waals surface area contributed by atoms with Crippen molar-refractivity contribution in [3.8, 4) is 0 Å². The molecule has 0 spiro atoms. The number of hydrogen-bond acceptors (Lipinski definition) is 3. The molecule has 0 amide bonds. The largest absolute Gasteiger partial charge is 0.388 e. The van der Waals surface area contributed by atoms with Crippen LogP contribution in [0.15, 0.2) is 42.5 Å². The molecule has 0 bridgehead atoms. The van der Waals surface area contributed by atoms with Crippen LogP contribution in [0.1, 0.15) is 12.5 Å². The number of aliphatic hydroxyl groups is 1. The maximum atomic E-state index is 10.1. The molecule has 0 aliphatic carbocycles. The molecule has 0 heterocycles. The van der Waals surface area contributed by atoms with Gasteiger partial charge in [0.25, 0.3) is 0 Å². The summed E-state index contributed by atoms with van der Waals surface area (Å²) < 4.78 is 0. The van der Waals surface area contributed by atoms with Crippen molar-refractivity contribution >= 4 is 22.5 Å². The highest BCUT2D eigenvalue weighted by Crippen LogP contribution is 2.18. The molecule has 0 aliphatic heterocycles. The maximum absolute atomic E-state index is 10.1. The molecule has 0 aromatic heterocycles. The zero-order valence-corrected chi connectivity index (χ0v) is 12.3. The van der Waals surface area contributed by atoms with Gasteiger partial charge in [0, 0.05) is 18.8 Å². The Balaban J connectivity index is 2.02. The summed E-state index contributed by atoms with van der Waals surface area (Å²) in [6.07, 6.45) is 2.01. The van der Waals surface area contributed by atoms with Crippen molar-refractivity contribution in [3.05, 3.63) is 48.0 Å². The summed E-state index contributed by atoms with van der Waals surface area (Å²) in [4.78, 5) is 0. The lowest BCUT2D eigenvalue weighted by molar-refractivity contribution is 0.0846. The molecule has 3 heteroatoms. The quantitative estimate of drug-likeness (QED) is 0.850. The van der Waals surface area contributed by atoms with Crippen LogP contribution in [-0.2, 0) is 6.54 Å². The number of rotatable bonds is 6. The van der Waals surface area contributed by atoms with Crippen molar-refractivity contribution in [1.29, 1.82) is 0 Å². The van der Waals surface area contributed by atoms with Gasteiger partial charge in [-0.15, -0.1) is 0 Å². The van der Waals surface area contributed by atoms with Gasteiger partial charge in [0.2, 0.25) is 0 Å². The zero-order valence-electron chi connectivity index (χ0n) is 11.5. The average Bonchev–Trinajstić information content (AvgIpc) is 2.39. The first-order chi connectivity index (χ1) is 9.12. The molecule has 102 valence electrons. The van der Waals surface area contributed by atoms with E-state index < -0.39 is 5.60 Å². The second-order valence-corrected chi connectivity index (χ2v) is 6.04. The molecule has 0 saturated heterocycles. The smallest absolute Gasteiger partial charge is 0.0833 e. The highest BCUT2D eigenvalue weighted by atomic mass is 32.2. The van der Waals surface area contributed by atoms with Gasteiger partial charge in [0.15, 0.2) is 0 Å². The first-order valence-corrected chi connectivity index (χ1v) is 7.90. The van der Waals surface area contributed by atoms with Crippen LogP contribution in [-0.4, -0.2) is 29.3 Å². The van der Waals surface area contributed by atoms with Crippen molar-refractivity contribution < 1.29 is 5.11 Å².